The van der Waals surface area contributed by atoms with Gasteiger partial charge in [-0.05, 0) is 44.2 Å². The molecule has 1 aromatic carbocycles. The van der Waals surface area contributed by atoms with E-state index >= 15 is 0 Å². The third kappa shape index (κ3) is 3.72. The standard InChI is InChI=1S/C19H24F4N2O/c1-18(24-11-8-15(20)13-24)9-4-5-10-25(18)17(26)12-14-6-2-3-7-16(14)19(21,22)23/h2-3,6-7,15H,4-5,8-13H2,1H3. The summed E-state index contributed by atoms with van der Waals surface area (Å²) < 4.78 is 53.3. The van der Waals surface area contributed by atoms with Gasteiger partial charge in [0.25, 0.3) is 0 Å². The molecule has 0 N–H and O–H groups in total. The highest BCUT2D eigenvalue weighted by Crippen LogP contribution is 2.36. The lowest BCUT2D eigenvalue weighted by atomic mass is 9.93. The molecule has 2 heterocycles. The number of alkyl halides is 4. The van der Waals surface area contributed by atoms with Crippen LogP contribution in [0.2, 0.25) is 0 Å². The third-order valence-electron chi connectivity index (χ3n) is 5.64. The molecule has 2 aliphatic heterocycles. The maximum atomic E-state index is 13.7. The zero-order valence-electron chi connectivity index (χ0n) is 14.9. The molecule has 1 amide bonds. The van der Waals surface area contributed by atoms with Gasteiger partial charge in [0.05, 0.1) is 17.6 Å². The molecule has 0 aliphatic carbocycles. The quantitative estimate of drug-likeness (QED) is 0.749. The lowest BCUT2D eigenvalue weighted by molar-refractivity contribution is -0.150. The Morgan fingerprint density at radius 3 is 2.62 bits per heavy atom. The summed E-state index contributed by atoms with van der Waals surface area (Å²) in [6.45, 7) is 3.26. The van der Waals surface area contributed by atoms with E-state index in [1.807, 2.05) is 11.8 Å². The predicted octanol–water partition coefficient (Wildman–Crippen LogP) is 4.02. The smallest absolute Gasteiger partial charge is 0.324 e. The monoisotopic (exact) mass is 372 g/mol. The van der Waals surface area contributed by atoms with Gasteiger partial charge in [0, 0.05) is 19.6 Å². The predicted molar refractivity (Wildman–Crippen MR) is 90.2 cm³/mol. The van der Waals surface area contributed by atoms with Crippen molar-refractivity contribution in [3.8, 4) is 0 Å². The molecular weight excluding hydrogens is 348 g/mol. The van der Waals surface area contributed by atoms with E-state index in [1.165, 1.54) is 18.2 Å². The number of amides is 1. The van der Waals surface area contributed by atoms with E-state index in [9.17, 15) is 22.4 Å². The van der Waals surface area contributed by atoms with Crippen LogP contribution >= 0.6 is 0 Å². The fourth-order valence-electron chi connectivity index (χ4n) is 4.19. The summed E-state index contributed by atoms with van der Waals surface area (Å²) in [6, 6.07) is 5.20. The second-order valence-electron chi connectivity index (χ2n) is 7.38. The van der Waals surface area contributed by atoms with Crippen molar-refractivity contribution in [1.82, 2.24) is 9.80 Å². The van der Waals surface area contributed by atoms with Gasteiger partial charge in [-0.15, -0.1) is 0 Å². The summed E-state index contributed by atoms with van der Waals surface area (Å²) in [5.41, 5.74) is -1.40. The van der Waals surface area contributed by atoms with Crippen LogP contribution in [-0.2, 0) is 17.4 Å². The molecule has 7 heteroatoms. The minimum atomic E-state index is -4.49. The maximum absolute atomic E-state index is 13.7. The SMILES string of the molecule is CC1(N2CCC(F)C2)CCCCN1C(=O)Cc1ccccc1C(F)(F)F. The Morgan fingerprint density at radius 1 is 1.23 bits per heavy atom. The first kappa shape index (κ1) is 19.1. The van der Waals surface area contributed by atoms with Gasteiger partial charge in [-0.25, -0.2) is 4.39 Å². The fourth-order valence-corrected chi connectivity index (χ4v) is 4.19. The van der Waals surface area contributed by atoms with E-state index in [2.05, 4.69) is 0 Å². The van der Waals surface area contributed by atoms with E-state index < -0.39 is 23.6 Å². The van der Waals surface area contributed by atoms with Crippen molar-refractivity contribution in [3.05, 3.63) is 35.4 Å². The molecule has 2 fully saturated rings. The molecule has 3 nitrogen and oxygen atoms in total. The second-order valence-corrected chi connectivity index (χ2v) is 7.38. The van der Waals surface area contributed by atoms with Gasteiger partial charge in [-0.3, -0.25) is 9.69 Å². The third-order valence-corrected chi connectivity index (χ3v) is 5.64. The van der Waals surface area contributed by atoms with Crippen LogP contribution in [-0.4, -0.2) is 47.2 Å². The van der Waals surface area contributed by atoms with Gasteiger partial charge in [-0.2, -0.15) is 13.2 Å². The lowest BCUT2D eigenvalue weighted by Crippen LogP contribution is -2.62. The average Bonchev–Trinajstić information content (AvgIpc) is 3.02. The minimum absolute atomic E-state index is 0.0114. The Bertz CT molecular complexity index is 663. The molecule has 0 bridgehead atoms. The summed E-state index contributed by atoms with van der Waals surface area (Å²) in [5, 5.41) is 0. The normalized spacial score (nSPS) is 27.7. The summed E-state index contributed by atoms with van der Waals surface area (Å²) in [4.78, 5) is 16.6. The molecule has 2 aliphatic rings. The fraction of sp³-hybridized carbons (Fsp3) is 0.632. The zero-order chi connectivity index (χ0) is 18.9. The molecule has 1 aromatic rings. The Kier molecular flexibility index (Phi) is 5.28. The topological polar surface area (TPSA) is 23.6 Å². The first-order valence-electron chi connectivity index (χ1n) is 9.06. The van der Waals surface area contributed by atoms with E-state index in [0.717, 1.165) is 18.9 Å². The molecule has 2 atom stereocenters. The van der Waals surface area contributed by atoms with Crippen molar-refractivity contribution >= 4 is 5.91 Å². The van der Waals surface area contributed by atoms with Gasteiger partial charge in [0.15, 0.2) is 0 Å². The van der Waals surface area contributed by atoms with Crippen LogP contribution in [0, 0.1) is 0 Å². The highest BCUT2D eigenvalue weighted by Gasteiger charge is 2.45. The second kappa shape index (κ2) is 7.18. The van der Waals surface area contributed by atoms with Gasteiger partial charge < -0.3 is 4.90 Å². The van der Waals surface area contributed by atoms with E-state index in [0.29, 0.717) is 25.9 Å². The first-order valence-corrected chi connectivity index (χ1v) is 9.06. The van der Waals surface area contributed by atoms with Crippen LogP contribution in [0.15, 0.2) is 24.3 Å². The van der Waals surface area contributed by atoms with Crippen LogP contribution in [0.3, 0.4) is 0 Å². The minimum Gasteiger partial charge on any atom is -0.324 e. The van der Waals surface area contributed by atoms with Crippen LogP contribution < -0.4 is 0 Å². The Hall–Kier alpha value is -1.63. The van der Waals surface area contributed by atoms with Gasteiger partial charge in [0.2, 0.25) is 5.91 Å². The number of benzene rings is 1. The van der Waals surface area contributed by atoms with Crippen molar-refractivity contribution in [2.45, 2.75) is 57.0 Å². The van der Waals surface area contributed by atoms with Gasteiger partial charge in [0.1, 0.15) is 6.17 Å². The highest BCUT2D eigenvalue weighted by molar-refractivity contribution is 5.80. The number of likely N-dealkylation sites (tertiary alicyclic amines) is 2. The van der Waals surface area contributed by atoms with Crippen molar-refractivity contribution in [2.24, 2.45) is 0 Å². The first-order chi connectivity index (χ1) is 12.2. The molecule has 0 spiro atoms. The zero-order valence-corrected chi connectivity index (χ0v) is 14.9. The van der Waals surface area contributed by atoms with Crippen LogP contribution in [0.25, 0.3) is 0 Å². The highest BCUT2D eigenvalue weighted by atomic mass is 19.4. The molecule has 144 valence electrons. The summed E-state index contributed by atoms with van der Waals surface area (Å²) in [6.07, 6.45) is -2.80. The van der Waals surface area contributed by atoms with Crippen molar-refractivity contribution in [1.29, 1.82) is 0 Å². The number of hydrogen-bond donors (Lipinski definition) is 0. The maximum Gasteiger partial charge on any atom is 0.416 e. The number of rotatable bonds is 3. The molecule has 2 unspecified atom stereocenters. The summed E-state index contributed by atoms with van der Waals surface area (Å²) >= 11 is 0. The number of halogens is 4. The van der Waals surface area contributed by atoms with Crippen LogP contribution in [0.5, 0.6) is 0 Å². The van der Waals surface area contributed by atoms with Crippen molar-refractivity contribution < 1.29 is 22.4 Å². The Morgan fingerprint density at radius 2 is 1.96 bits per heavy atom. The Labute approximate surface area is 151 Å². The number of hydrogen-bond acceptors (Lipinski definition) is 2. The Balaban J connectivity index is 1.82. The lowest BCUT2D eigenvalue weighted by Gasteiger charge is -2.50. The van der Waals surface area contributed by atoms with Crippen LogP contribution in [0.4, 0.5) is 17.6 Å². The molecule has 0 aromatic heterocycles. The largest absolute Gasteiger partial charge is 0.416 e. The molecule has 26 heavy (non-hydrogen) atoms. The molecule has 0 saturated carbocycles. The van der Waals surface area contributed by atoms with E-state index in [1.54, 1.807) is 4.90 Å². The van der Waals surface area contributed by atoms with Crippen LogP contribution in [0.1, 0.15) is 43.7 Å². The van der Waals surface area contributed by atoms with Gasteiger partial charge >= 0.3 is 6.18 Å². The van der Waals surface area contributed by atoms with Crippen molar-refractivity contribution in [2.75, 3.05) is 19.6 Å². The van der Waals surface area contributed by atoms with E-state index in [-0.39, 0.29) is 24.4 Å². The van der Waals surface area contributed by atoms with Gasteiger partial charge in [-0.1, -0.05) is 18.2 Å². The number of carbonyl (C=O) groups is 1. The summed E-state index contributed by atoms with van der Waals surface area (Å²) in [7, 11) is 0. The molecular formula is C19H24F4N2O. The molecule has 3 rings (SSSR count). The molecule has 2 saturated heterocycles. The average molecular weight is 372 g/mol. The number of nitrogens with zero attached hydrogens (tertiary/aromatic N) is 2. The molecule has 0 radical (unpaired) electrons. The van der Waals surface area contributed by atoms with E-state index in [4.69, 9.17) is 0 Å². The number of piperidine rings is 1. The van der Waals surface area contributed by atoms with Crippen molar-refractivity contribution in [3.63, 3.8) is 0 Å². The summed E-state index contributed by atoms with van der Waals surface area (Å²) in [5.74, 6) is -0.328. The number of carbonyl (C=O) groups excluding carboxylic acids is 1.